The average molecular weight is 360 g/mol. The molecule has 0 amide bonds. The van der Waals surface area contributed by atoms with Gasteiger partial charge in [0.25, 0.3) is 0 Å². The summed E-state index contributed by atoms with van der Waals surface area (Å²) in [6, 6.07) is 22.7. The van der Waals surface area contributed by atoms with E-state index in [-0.39, 0.29) is 0 Å². The molecule has 25 heavy (non-hydrogen) atoms. The van der Waals surface area contributed by atoms with E-state index in [1.165, 1.54) is 11.1 Å². The van der Waals surface area contributed by atoms with Crippen LogP contribution in [0.3, 0.4) is 0 Å². The summed E-state index contributed by atoms with van der Waals surface area (Å²) in [4.78, 5) is 0. The fraction of sp³-hybridized carbons (Fsp3) is 0.167. The second-order valence-corrected chi connectivity index (χ2v) is 13.0. The van der Waals surface area contributed by atoms with Gasteiger partial charge in [0.2, 0.25) is 0 Å². The summed E-state index contributed by atoms with van der Waals surface area (Å²) in [5, 5.41) is 0. The number of allylic oxidation sites excluding steroid dienone is 8. The van der Waals surface area contributed by atoms with Gasteiger partial charge < -0.3 is 0 Å². The van der Waals surface area contributed by atoms with Gasteiger partial charge in [0.1, 0.15) is 0 Å². The van der Waals surface area contributed by atoms with Crippen molar-refractivity contribution >= 4 is 7.74 Å². The van der Waals surface area contributed by atoms with Crippen LogP contribution in [0, 0.1) is 0 Å². The minimum atomic E-state index is -2.87. The summed E-state index contributed by atoms with van der Waals surface area (Å²) in [5.74, 6) is 0. The van der Waals surface area contributed by atoms with Gasteiger partial charge in [-0.15, -0.1) is 0 Å². The maximum atomic E-state index is 2.38. The fourth-order valence-corrected chi connectivity index (χ4v) is 13.4. The number of rotatable bonds is 4. The molecule has 2 aliphatic carbocycles. The maximum absolute atomic E-state index is 2.87. The van der Waals surface area contributed by atoms with E-state index in [1.807, 2.05) is 0 Å². The van der Waals surface area contributed by atoms with Crippen LogP contribution in [-0.4, -0.2) is 0 Å². The van der Waals surface area contributed by atoms with E-state index in [4.69, 9.17) is 0 Å². The zero-order chi connectivity index (χ0) is 17.3. The molecule has 124 valence electrons. The number of benzene rings is 2. The van der Waals surface area contributed by atoms with Crippen LogP contribution in [0.15, 0.2) is 104 Å². The quantitative estimate of drug-likeness (QED) is 0.653. The molecule has 2 aromatic carbocycles. The van der Waals surface area contributed by atoms with Crippen LogP contribution in [-0.2, 0) is 16.6 Å². The molecule has 0 aliphatic heterocycles. The monoisotopic (exact) mass is 360 g/mol. The van der Waals surface area contributed by atoms with Crippen molar-refractivity contribution in [3.63, 3.8) is 0 Å². The van der Waals surface area contributed by atoms with Crippen LogP contribution in [0.4, 0.5) is 0 Å². The minimum absolute atomic E-state index is 1.10. The molecule has 0 radical (unpaired) electrons. The molecule has 2 aliphatic rings. The van der Waals surface area contributed by atoms with Crippen LogP contribution >= 0.6 is 0 Å². The molecule has 0 saturated carbocycles. The molecule has 2 aromatic rings. The predicted octanol–water partition coefficient (Wildman–Crippen LogP) is 5.26. The van der Waals surface area contributed by atoms with E-state index in [0.29, 0.717) is 0 Å². The Morgan fingerprint density at radius 1 is 0.600 bits per heavy atom. The molecule has 0 aromatic heterocycles. The van der Waals surface area contributed by atoms with Crippen LogP contribution in [0.1, 0.15) is 26.7 Å². The van der Waals surface area contributed by atoms with Crippen molar-refractivity contribution in [2.75, 3.05) is 0 Å². The predicted molar refractivity (Wildman–Crippen MR) is 105 cm³/mol. The zero-order valence-corrected chi connectivity index (χ0v) is 16.6. The van der Waals surface area contributed by atoms with Crippen LogP contribution in [0.25, 0.3) is 0 Å². The summed E-state index contributed by atoms with van der Waals surface area (Å²) >= 11 is -2.87. The molecule has 0 bridgehead atoms. The fourth-order valence-electron chi connectivity index (χ4n) is 4.55. The molecule has 0 fully saturated rings. The van der Waals surface area contributed by atoms with Gasteiger partial charge in [-0.25, -0.2) is 0 Å². The van der Waals surface area contributed by atoms with Crippen molar-refractivity contribution in [2.24, 2.45) is 0 Å². The van der Waals surface area contributed by atoms with Gasteiger partial charge in [-0.3, -0.25) is 0 Å². The van der Waals surface area contributed by atoms with Crippen molar-refractivity contribution in [1.29, 1.82) is 0 Å². The summed E-state index contributed by atoms with van der Waals surface area (Å²) in [7, 11) is 0. The van der Waals surface area contributed by atoms with Gasteiger partial charge in [0.05, 0.1) is 0 Å². The van der Waals surface area contributed by atoms with Gasteiger partial charge in [-0.05, 0) is 0 Å². The van der Waals surface area contributed by atoms with Gasteiger partial charge in [0, 0.05) is 0 Å². The average Bonchev–Trinajstić information content (AvgIpc) is 3.28. The van der Waals surface area contributed by atoms with E-state index in [0.717, 1.165) is 12.8 Å². The molecule has 0 saturated heterocycles. The molecule has 0 atom stereocenters. The van der Waals surface area contributed by atoms with Crippen molar-refractivity contribution < 1.29 is 16.6 Å². The summed E-state index contributed by atoms with van der Waals surface area (Å²) in [6.07, 6.45) is 11.6. The van der Waals surface area contributed by atoms with Gasteiger partial charge in [0.15, 0.2) is 0 Å². The summed E-state index contributed by atoms with van der Waals surface area (Å²) in [6.45, 7) is 4.62. The van der Waals surface area contributed by atoms with Gasteiger partial charge in [-0.1, -0.05) is 0 Å². The normalized spacial score (nSPS) is 17.0. The number of hydrogen-bond acceptors (Lipinski definition) is 0. The molecular weight excluding hydrogens is 336 g/mol. The van der Waals surface area contributed by atoms with E-state index in [2.05, 4.69) is 98.8 Å². The van der Waals surface area contributed by atoms with Gasteiger partial charge >= 0.3 is 155 Å². The Hall–Kier alpha value is -1.89. The molecule has 4 rings (SSSR count). The van der Waals surface area contributed by atoms with Gasteiger partial charge in [-0.2, -0.15) is 0 Å². The third kappa shape index (κ3) is 2.65. The Bertz CT molecular complexity index is 818. The standard InChI is InChI=1S/2C6H7.2C6H5.Ti/c2*1-6-4-2-3-5-6;2*1-2-4-6-5-3-1;/h2*2,4H,3H2,1H3;2*1-5H;. The Kier molecular flexibility index (Phi) is 4.50. The van der Waals surface area contributed by atoms with Crippen LogP contribution in [0.2, 0.25) is 0 Å². The Balaban J connectivity index is 2.10. The Labute approximate surface area is 154 Å². The second-order valence-electron chi connectivity index (χ2n) is 7.02. The van der Waals surface area contributed by atoms with Crippen LogP contribution < -0.4 is 7.74 Å². The first-order valence-electron chi connectivity index (χ1n) is 9.09. The molecule has 0 spiro atoms. The van der Waals surface area contributed by atoms with E-state index < -0.39 is 16.6 Å². The molecule has 0 N–H and O–H groups in total. The third-order valence-corrected chi connectivity index (χ3v) is 14.1. The van der Waals surface area contributed by atoms with E-state index in [9.17, 15) is 0 Å². The summed E-state index contributed by atoms with van der Waals surface area (Å²) in [5.41, 5.74) is 2.97. The van der Waals surface area contributed by atoms with E-state index >= 15 is 0 Å². The third-order valence-electron chi connectivity index (χ3n) is 5.65. The Morgan fingerprint density at radius 2 is 1.00 bits per heavy atom. The van der Waals surface area contributed by atoms with Crippen LogP contribution in [0.5, 0.6) is 0 Å². The molecular formula is C24H24Ti. The van der Waals surface area contributed by atoms with Crippen molar-refractivity contribution in [1.82, 2.24) is 0 Å². The second kappa shape index (κ2) is 6.79. The topological polar surface area (TPSA) is 0 Å². The van der Waals surface area contributed by atoms with Crippen molar-refractivity contribution in [2.45, 2.75) is 26.7 Å². The molecule has 0 nitrogen and oxygen atoms in total. The molecule has 0 heterocycles. The van der Waals surface area contributed by atoms with Crippen molar-refractivity contribution in [3.05, 3.63) is 104 Å². The van der Waals surface area contributed by atoms with E-state index in [1.54, 1.807) is 15.5 Å². The van der Waals surface area contributed by atoms with Crippen molar-refractivity contribution in [3.8, 4) is 0 Å². The first-order valence-corrected chi connectivity index (χ1v) is 12.2. The SMILES string of the molecule is CC1=[C]([Ti]([C]2=C(C)C=CC2)([c]2ccccc2)[c]2ccccc2)CC=C1. The first-order chi connectivity index (χ1) is 12.2. The number of hydrogen-bond donors (Lipinski definition) is 0. The molecule has 1 heteroatoms. The zero-order valence-electron chi connectivity index (χ0n) is 15.0. The molecule has 0 unspecified atom stereocenters. The Morgan fingerprint density at radius 3 is 1.32 bits per heavy atom. The first kappa shape index (κ1) is 16.6. The summed E-state index contributed by atoms with van der Waals surface area (Å²) < 4.78 is 6.53.